The number of hydrogen-bond acceptors (Lipinski definition) is 6. The number of aryl methyl sites for hydroxylation is 3. The van der Waals surface area contributed by atoms with Gasteiger partial charge in [-0.05, 0) is 66.9 Å². The average molecular weight is 508 g/mol. The molecule has 1 amide bonds. The number of aromatic hydroxyl groups is 1. The largest absolute Gasteiger partial charge is 0.505 e. The minimum absolute atomic E-state index is 0.0899. The van der Waals surface area contributed by atoms with Gasteiger partial charge < -0.3 is 14.8 Å². The van der Waals surface area contributed by atoms with Crippen molar-refractivity contribution in [1.29, 1.82) is 0 Å². The number of carbonyl (C=O) groups is 2. The third-order valence-electron chi connectivity index (χ3n) is 6.40. The maximum atomic E-state index is 13.5. The molecule has 1 aromatic heterocycles. The zero-order chi connectivity index (χ0) is 27.0. The molecule has 0 atom stereocenters. The van der Waals surface area contributed by atoms with Crippen LogP contribution < -0.4 is 10.4 Å². The van der Waals surface area contributed by atoms with Crippen molar-refractivity contribution < 1.29 is 19.8 Å². The van der Waals surface area contributed by atoms with Gasteiger partial charge in [-0.1, -0.05) is 30.3 Å². The molecular formula is C29H25N5O4. The van der Waals surface area contributed by atoms with Gasteiger partial charge in [0.25, 0.3) is 0 Å². The predicted molar refractivity (Wildman–Crippen MR) is 147 cm³/mol. The van der Waals surface area contributed by atoms with E-state index >= 15 is 0 Å². The molecule has 9 heteroatoms. The Labute approximate surface area is 219 Å². The second kappa shape index (κ2) is 9.70. The van der Waals surface area contributed by atoms with Crippen molar-refractivity contribution in [3.8, 4) is 16.9 Å². The fraction of sp³-hybridized carbons (Fsp3) is 0.103. The number of para-hydroxylation sites is 1. The number of phenols is 1. The summed E-state index contributed by atoms with van der Waals surface area (Å²) in [5.41, 5.74) is 8.09. The van der Waals surface area contributed by atoms with Crippen LogP contribution in [0.1, 0.15) is 27.0 Å². The molecule has 0 radical (unpaired) electrons. The number of phenolic OH excluding ortho intramolecular Hbond substituents is 1. The van der Waals surface area contributed by atoms with E-state index in [-0.39, 0.29) is 22.7 Å². The Morgan fingerprint density at radius 1 is 0.974 bits per heavy atom. The highest BCUT2D eigenvalue weighted by Crippen LogP contribution is 2.36. The standard InChI is InChI=1S/C29H25N5O4/c1-17-10-11-22(14-18(17)2)34-28(36)26(25(32-34)21-12-13-33(3)16-21)31-30-24-9-5-8-23(27(24)35)19-6-4-7-20(15-19)29(37)38/h4-16,30,35H,1-3H3,(H,37,38)/b31-26-. The first-order valence-corrected chi connectivity index (χ1v) is 11.9. The van der Waals surface area contributed by atoms with E-state index in [1.54, 1.807) is 30.3 Å². The molecule has 0 unspecified atom stereocenters. The number of hydrazone groups is 2. The number of carboxylic acid groups (broad SMARTS) is 1. The molecule has 0 aliphatic carbocycles. The Morgan fingerprint density at radius 2 is 1.76 bits per heavy atom. The van der Waals surface area contributed by atoms with Crippen molar-refractivity contribution in [2.75, 3.05) is 10.4 Å². The van der Waals surface area contributed by atoms with Crippen molar-refractivity contribution in [2.45, 2.75) is 13.8 Å². The van der Waals surface area contributed by atoms with E-state index in [1.807, 2.05) is 62.1 Å². The summed E-state index contributed by atoms with van der Waals surface area (Å²) in [5.74, 6) is -1.61. The lowest BCUT2D eigenvalue weighted by molar-refractivity contribution is -0.112. The Bertz CT molecular complexity index is 1650. The van der Waals surface area contributed by atoms with Crippen LogP contribution in [-0.4, -0.2) is 38.1 Å². The molecule has 190 valence electrons. The van der Waals surface area contributed by atoms with Crippen LogP contribution in [0.25, 0.3) is 11.1 Å². The first-order valence-electron chi connectivity index (χ1n) is 11.9. The summed E-state index contributed by atoms with van der Waals surface area (Å²) >= 11 is 0. The quantitative estimate of drug-likeness (QED) is 0.252. The van der Waals surface area contributed by atoms with Gasteiger partial charge in [0.05, 0.1) is 16.9 Å². The number of benzene rings is 3. The van der Waals surface area contributed by atoms with Gasteiger partial charge in [-0.25, -0.2) is 4.79 Å². The molecule has 2 heterocycles. The lowest BCUT2D eigenvalue weighted by Gasteiger charge is -2.13. The van der Waals surface area contributed by atoms with Crippen LogP contribution in [0.2, 0.25) is 0 Å². The molecular weight excluding hydrogens is 482 g/mol. The first kappa shape index (κ1) is 24.5. The summed E-state index contributed by atoms with van der Waals surface area (Å²) in [7, 11) is 1.87. The minimum Gasteiger partial charge on any atom is -0.505 e. The maximum Gasteiger partial charge on any atom is 0.335 e. The van der Waals surface area contributed by atoms with Crippen LogP contribution in [0, 0.1) is 13.8 Å². The molecule has 5 rings (SSSR count). The van der Waals surface area contributed by atoms with E-state index in [0.29, 0.717) is 22.5 Å². The lowest BCUT2D eigenvalue weighted by Crippen LogP contribution is -2.28. The van der Waals surface area contributed by atoms with E-state index in [0.717, 1.165) is 16.7 Å². The number of rotatable bonds is 6. The monoisotopic (exact) mass is 507 g/mol. The third-order valence-corrected chi connectivity index (χ3v) is 6.40. The Morgan fingerprint density at radius 3 is 2.47 bits per heavy atom. The lowest BCUT2D eigenvalue weighted by atomic mass is 10.0. The number of carbonyl (C=O) groups excluding carboxylic acids is 1. The number of hydrogen-bond donors (Lipinski definition) is 3. The van der Waals surface area contributed by atoms with Crippen LogP contribution >= 0.6 is 0 Å². The second-order valence-electron chi connectivity index (χ2n) is 9.06. The summed E-state index contributed by atoms with van der Waals surface area (Å²) in [5, 5.41) is 30.6. The van der Waals surface area contributed by atoms with Gasteiger partial charge in [-0.3, -0.25) is 10.2 Å². The number of aromatic nitrogens is 1. The van der Waals surface area contributed by atoms with Crippen LogP contribution in [0.15, 0.2) is 89.3 Å². The first-order chi connectivity index (χ1) is 18.2. The molecule has 38 heavy (non-hydrogen) atoms. The van der Waals surface area contributed by atoms with Gasteiger partial charge in [0.2, 0.25) is 0 Å². The normalized spacial score (nSPS) is 14.2. The Balaban J connectivity index is 1.52. The van der Waals surface area contributed by atoms with Gasteiger partial charge in [0.15, 0.2) is 5.71 Å². The Hall–Kier alpha value is -5.18. The number of anilines is 2. The SMILES string of the molecule is Cc1ccc(N2N=C(c3ccn(C)c3)/C(=N/Nc3cccc(-c4cccc(C(=O)O)c4)c3O)C2=O)cc1C. The van der Waals surface area contributed by atoms with Crippen LogP contribution in [0.5, 0.6) is 5.75 Å². The van der Waals surface area contributed by atoms with Crippen molar-refractivity contribution >= 4 is 34.7 Å². The maximum absolute atomic E-state index is 13.5. The van der Waals surface area contributed by atoms with Crippen LogP contribution in [0.4, 0.5) is 11.4 Å². The highest BCUT2D eigenvalue weighted by atomic mass is 16.4. The zero-order valence-electron chi connectivity index (χ0n) is 21.0. The zero-order valence-corrected chi connectivity index (χ0v) is 21.0. The predicted octanol–water partition coefficient (Wildman–Crippen LogP) is 4.93. The molecule has 0 saturated carbocycles. The van der Waals surface area contributed by atoms with Gasteiger partial charge >= 0.3 is 11.9 Å². The Kier molecular flexibility index (Phi) is 6.26. The number of aromatic carboxylic acids is 1. The average Bonchev–Trinajstić information content (AvgIpc) is 3.48. The molecule has 0 bridgehead atoms. The van der Waals surface area contributed by atoms with Crippen molar-refractivity contribution in [3.05, 3.63) is 101 Å². The molecule has 3 aromatic carbocycles. The summed E-state index contributed by atoms with van der Waals surface area (Å²) in [4.78, 5) is 24.9. The van der Waals surface area contributed by atoms with Crippen LogP contribution in [-0.2, 0) is 11.8 Å². The summed E-state index contributed by atoms with van der Waals surface area (Å²) in [6.45, 7) is 3.97. The number of carboxylic acids is 1. The van der Waals surface area contributed by atoms with Gasteiger partial charge in [-0.15, -0.1) is 0 Å². The molecule has 1 aliphatic rings. The summed E-state index contributed by atoms with van der Waals surface area (Å²) < 4.78 is 1.85. The van der Waals surface area contributed by atoms with E-state index in [2.05, 4.69) is 15.6 Å². The fourth-order valence-electron chi connectivity index (χ4n) is 4.17. The number of nitrogens with zero attached hydrogens (tertiary/aromatic N) is 4. The second-order valence-corrected chi connectivity index (χ2v) is 9.06. The molecule has 1 aliphatic heterocycles. The molecule has 0 saturated heterocycles. The van der Waals surface area contributed by atoms with Crippen molar-refractivity contribution in [3.63, 3.8) is 0 Å². The van der Waals surface area contributed by atoms with Crippen LogP contribution in [0.3, 0.4) is 0 Å². The molecule has 3 N–H and O–H groups in total. The number of nitrogens with one attached hydrogen (secondary N) is 1. The molecule has 4 aromatic rings. The highest BCUT2D eigenvalue weighted by molar-refractivity contribution is 6.74. The minimum atomic E-state index is -1.06. The van der Waals surface area contributed by atoms with Crippen molar-refractivity contribution in [2.24, 2.45) is 17.3 Å². The van der Waals surface area contributed by atoms with Gasteiger partial charge in [0.1, 0.15) is 11.5 Å². The van der Waals surface area contributed by atoms with Crippen molar-refractivity contribution in [1.82, 2.24) is 4.57 Å². The fourth-order valence-corrected chi connectivity index (χ4v) is 4.17. The summed E-state index contributed by atoms with van der Waals surface area (Å²) in [6.07, 6.45) is 3.70. The van der Waals surface area contributed by atoms with Gasteiger partial charge in [0, 0.05) is 30.6 Å². The summed E-state index contributed by atoms with van der Waals surface area (Å²) in [6, 6.07) is 18.8. The molecule has 9 nitrogen and oxygen atoms in total. The van der Waals surface area contributed by atoms with E-state index in [1.165, 1.54) is 17.1 Å². The third kappa shape index (κ3) is 4.53. The van der Waals surface area contributed by atoms with Gasteiger partial charge in [-0.2, -0.15) is 15.2 Å². The number of amides is 1. The topological polar surface area (TPSA) is 120 Å². The highest BCUT2D eigenvalue weighted by Gasteiger charge is 2.34. The van der Waals surface area contributed by atoms with E-state index in [4.69, 9.17) is 0 Å². The van der Waals surface area contributed by atoms with E-state index in [9.17, 15) is 19.8 Å². The van der Waals surface area contributed by atoms with E-state index < -0.39 is 11.9 Å². The molecule has 0 spiro atoms. The smallest absolute Gasteiger partial charge is 0.335 e. The molecule has 0 fully saturated rings.